The number of ketones is 1. The Morgan fingerprint density at radius 2 is 1.83 bits per heavy atom. The standard InChI is InChI=1S/C28H39NO5S/c1-17-12-20(13-18(2)26(17)34-16-21(30)15-29-11-9-25(32)33)6-7-24(31)27-22-8-10-28(4,5)14-23(22)19(3)35-27/h12-13,21,29-30H,6-11,14-16H2,1-5H3,(H,32,33). The lowest BCUT2D eigenvalue weighted by molar-refractivity contribution is -0.136. The number of carbonyl (C=O) groups is 2. The van der Waals surface area contributed by atoms with Gasteiger partial charge in [-0.3, -0.25) is 9.59 Å². The monoisotopic (exact) mass is 501 g/mol. The number of thiophene rings is 1. The van der Waals surface area contributed by atoms with Gasteiger partial charge in [0.05, 0.1) is 11.3 Å². The van der Waals surface area contributed by atoms with Crippen LogP contribution < -0.4 is 10.1 Å². The van der Waals surface area contributed by atoms with Gasteiger partial charge in [0, 0.05) is 24.4 Å². The van der Waals surface area contributed by atoms with Crippen molar-refractivity contribution in [2.75, 3.05) is 19.7 Å². The molecular weight excluding hydrogens is 462 g/mol. The average molecular weight is 502 g/mol. The van der Waals surface area contributed by atoms with E-state index in [0.29, 0.717) is 24.8 Å². The van der Waals surface area contributed by atoms with Crippen LogP contribution in [0.3, 0.4) is 0 Å². The van der Waals surface area contributed by atoms with Gasteiger partial charge >= 0.3 is 5.97 Å². The lowest BCUT2D eigenvalue weighted by Crippen LogP contribution is -2.32. The third kappa shape index (κ3) is 7.38. The van der Waals surface area contributed by atoms with Crippen LogP contribution in [0.15, 0.2) is 12.1 Å². The molecule has 3 rings (SSSR count). The van der Waals surface area contributed by atoms with Gasteiger partial charge in [-0.25, -0.2) is 0 Å². The smallest absolute Gasteiger partial charge is 0.304 e. The lowest BCUT2D eigenvalue weighted by atomic mass is 9.74. The molecule has 0 radical (unpaired) electrons. The number of fused-ring (bicyclic) bond motifs is 1. The van der Waals surface area contributed by atoms with Gasteiger partial charge in [0.15, 0.2) is 5.78 Å². The fourth-order valence-electron chi connectivity index (χ4n) is 4.86. The van der Waals surface area contributed by atoms with E-state index in [0.717, 1.165) is 46.6 Å². The number of aryl methyl sites for hydroxylation is 4. The van der Waals surface area contributed by atoms with Crippen molar-refractivity contribution in [3.05, 3.63) is 49.7 Å². The Morgan fingerprint density at radius 1 is 1.14 bits per heavy atom. The van der Waals surface area contributed by atoms with Crippen LogP contribution in [0.2, 0.25) is 0 Å². The predicted octanol–water partition coefficient (Wildman–Crippen LogP) is 4.81. The molecule has 1 atom stereocenters. The minimum absolute atomic E-state index is 0.0164. The number of ether oxygens (including phenoxy) is 1. The molecule has 0 amide bonds. The number of aliphatic hydroxyl groups excluding tert-OH is 1. The van der Waals surface area contributed by atoms with Gasteiger partial charge < -0.3 is 20.3 Å². The zero-order chi connectivity index (χ0) is 25.8. The number of carboxylic acids is 1. The molecule has 1 aromatic carbocycles. The maximum Gasteiger partial charge on any atom is 0.304 e. The lowest BCUT2D eigenvalue weighted by Gasteiger charge is -2.30. The summed E-state index contributed by atoms with van der Waals surface area (Å²) in [6.45, 7) is 11.4. The molecule has 0 fully saturated rings. The summed E-state index contributed by atoms with van der Waals surface area (Å²) in [6, 6.07) is 4.12. The zero-order valence-corrected chi connectivity index (χ0v) is 22.4. The second kappa shape index (κ2) is 11.7. The summed E-state index contributed by atoms with van der Waals surface area (Å²) in [6.07, 6.45) is 3.66. The maximum absolute atomic E-state index is 13.1. The predicted molar refractivity (Wildman–Crippen MR) is 140 cm³/mol. The molecule has 0 saturated carbocycles. The summed E-state index contributed by atoms with van der Waals surface area (Å²) in [4.78, 5) is 26.0. The van der Waals surface area contributed by atoms with Crippen molar-refractivity contribution in [2.24, 2.45) is 5.41 Å². The Morgan fingerprint density at radius 3 is 2.49 bits per heavy atom. The first-order valence-corrected chi connectivity index (χ1v) is 13.3. The second-order valence-corrected chi connectivity index (χ2v) is 11.8. The van der Waals surface area contributed by atoms with Crippen LogP contribution in [0.4, 0.5) is 0 Å². The number of aliphatic hydroxyl groups is 1. The van der Waals surface area contributed by atoms with E-state index in [9.17, 15) is 14.7 Å². The van der Waals surface area contributed by atoms with E-state index in [1.54, 1.807) is 11.3 Å². The van der Waals surface area contributed by atoms with E-state index >= 15 is 0 Å². The number of nitrogens with one attached hydrogen (secondary N) is 1. The van der Waals surface area contributed by atoms with Crippen LogP contribution in [0.5, 0.6) is 5.75 Å². The quantitative estimate of drug-likeness (QED) is 0.285. The van der Waals surface area contributed by atoms with E-state index in [2.05, 4.69) is 38.2 Å². The highest BCUT2D eigenvalue weighted by Gasteiger charge is 2.31. The van der Waals surface area contributed by atoms with Crippen molar-refractivity contribution >= 4 is 23.1 Å². The summed E-state index contributed by atoms with van der Waals surface area (Å²) < 4.78 is 5.87. The number of hydrogen-bond donors (Lipinski definition) is 3. The number of rotatable bonds is 12. The molecule has 3 N–H and O–H groups in total. The highest BCUT2D eigenvalue weighted by molar-refractivity contribution is 7.14. The molecule has 1 aromatic heterocycles. The van der Waals surface area contributed by atoms with Crippen LogP contribution >= 0.6 is 11.3 Å². The number of Topliss-reactive ketones (excluding diaryl/α,β-unsaturated/α-hetero) is 1. The Kier molecular flexibility index (Phi) is 9.13. The van der Waals surface area contributed by atoms with Crippen molar-refractivity contribution < 1.29 is 24.5 Å². The highest BCUT2D eigenvalue weighted by Crippen LogP contribution is 2.41. The summed E-state index contributed by atoms with van der Waals surface area (Å²) in [5.74, 6) is 0.119. The molecule has 6 nitrogen and oxygen atoms in total. The minimum Gasteiger partial charge on any atom is -0.490 e. The van der Waals surface area contributed by atoms with Gasteiger partial charge in [-0.15, -0.1) is 11.3 Å². The third-order valence-corrected chi connectivity index (χ3v) is 7.99. The average Bonchev–Trinajstić information content (AvgIpc) is 3.09. The molecule has 35 heavy (non-hydrogen) atoms. The van der Waals surface area contributed by atoms with Crippen LogP contribution in [-0.2, 0) is 24.1 Å². The van der Waals surface area contributed by atoms with E-state index in [4.69, 9.17) is 9.84 Å². The number of benzene rings is 1. The molecule has 0 bridgehead atoms. The van der Waals surface area contributed by atoms with Gasteiger partial charge in [-0.1, -0.05) is 26.0 Å². The van der Waals surface area contributed by atoms with E-state index in [1.165, 1.54) is 16.0 Å². The maximum atomic E-state index is 13.1. The number of hydrogen-bond acceptors (Lipinski definition) is 6. The molecule has 0 aliphatic heterocycles. The molecular formula is C28H39NO5S. The molecule has 2 aromatic rings. The first-order valence-electron chi connectivity index (χ1n) is 12.4. The summed E-state index contributed by atoms with van der Waals surface area (Å²) in [5.41, 5.74) is 6.08. The normalized spacial score (nSPS) is 15.5. The Hall–Kier alpha value is -2.22. The summed E-state index contributed by atoms with van der Waals surface area (Å²) in [5, 5.41) is 21.7. The van der Waals surface area contributed by atoms with Gasteiger partial charge in [0.1, 0.15) is 18.5 Å². The van der Waals surface area contributed by atoms with Crippen LogP contribution in [-0.4, -0.2) is 47.8 Å². The first kappa shape index (κ1) is 27.4. The first-order chi connectivity index (χ1) is 16.5. The zero-order valence-electron chi connectivity index (χ0n) is 21.6. The van der Waals surface area contributed by atoms with Crippen molar-refractivity contribution in [1.82, 2.24) is 5.32 Å². The number of aliphatic carboxylic acids is 1. The molecule has 1 heterocycles. The summed E-state index contributed by atoms with van der Waals surface area (Å²) in [7, 11) is 0. The van der Waals surface area contributed by atoms with Crippen LogP contribution in [0, 0.1) is 26.2 Å². The molecule has 0 spiro atoms. The number of carboxylic acid groups (broad SMARTS) is 1. The summed E-state index contributed by atoms with van der Waals surface area (Å²) >= 11 is 1.67. The van der Waals surface area contributed by atoms with E-state index in [-0.39, 0.29) is 25.4 Å². The Bertz CT molecular complexity index is 1050. The largest absolute Gasteiger partial charge is 0.490 e. The minimum atomic E-state index is -0.870. The third-order valence-electron chi connectivity index (χ3n) is 6.76. The molecule has 1 aliphatic carbocycles. The van der Waals surface area contributed by atoms with Gasteiger partial charge in [0.2, 0.25) is 0 Å². The van der Waals surface area contributed by atoms with Crippen molar-refractivity contribution in [1.29, 1.82) is 0 Å². The molecule has 1 aliphatic rings. The van der Waals surface area contributed by atoms with E-state index in [1.807, 2.05) is 13.8 Å². The molecule has 192 valence electrons. The van der Waals surface area contributed by atoms with E-state index < -0.39 is 12.1 Å². The van der Waals surface area contributed by atoms with Gasteiger partial charge in [0.25, 0.3) is 0 Å². The van der Waals surface area contributed by atoms with Crippen molar-refractivity contribution in [3.63, 3.8) is 0 Å². The Labute approximate surface area is 212 Å². The Balaban J connectivity index is 1.56. The molecule has 7 heteroatoms. The van der Waals surface area contributed by atoms with Gasteiger partial charge in [-0.2, -0.15) is 0 Å². The van der Waals surface area contributed by atoms with Crippen LogP contribution in [0.25, 0.3) is 0 Å². The van der Waals surface area contributed by atoms with Crippen LogP contribution in [0.1, 0.15) is 75.5 Å². The fraction of sp³-hybridized carbons (Fsp3) is 0.571. The fourth-order valence-corrected chi connectivity index (χ4v) is 6.05. The number of carbonyl (C=O) groups excluding carboxylic acids is 1. The molecule has 0 saturated heterocycles. The highest BCUT2D eigenvalue weighted by atomic mass is 32.1. The second-order valence-electron chi connectivity index (χ2n) is 10.6. The van der Waals surface area contributed by atoms with Gasteiger partial charge in [-0.05, 0) is 79.7 Å². The topological polar surface area (TPSA) is 95.9 Å². The molecule has 1 unspecified atom stereocenters. The van der Waals surface area contributed by atoms with Crippen molar-refractivity contribution in [3.8, 4) is 5.75 Å². The van der Waals surface area contributed by atoms with Crippen molar-refractivity contribution in [2.45, 2.75) is 79.2 Å². The SMILES string of the molecule is Cc1cc(CCC(=O)c2sc(C)c3c2CCC(C)(C)C3)cc(C)c1OCC(O)CNCCC(=O)O.